The highest BCUT2D eigenvalue weighted by Crippen LogP contribution is 2.37. The predicted octanol–water partition coefficient (Wildman–Crippen LogP) is 5.08. The summed E-state index contributed by atoms with van der Waals surface area (Å²) >= 11 is 7.32. The molecule has 0 aliphatic heterocycles. The number of hydrogen-bond acceptors (Lipinski definition) is 4. The van der Waals surface area contributed by atoms with Crippen molar-refractivity contribution in [2.24, 2.45) is 0 Å². The fraction of sp³-hybridized carbons (Fsp3) is 0.0400. The molecule has 0 amide bonds. The van der Waals surface area contributed by atoms with Gasteiger partial charge in [0.25, 0.3) is 5.56 Å². The minimum absolute atomic E-state index is 0.0816. The van der Waals surface area contributed by atoms with Crippen LogP contribution in [0.1, 0.15) is 17.2 Å². The number of H-pyrrole nitrogens is 2. The van der Waals surface area contributed by atoms with E-state index in [1.54, 1.807) is 24.4 Å². The lowest BCUT2D eigenvalue weighted by Crippen LogP contribution is -2.18. The molecule has 2 heterocycles. The van der Waals surface area contributed by atoms with Crippen LogP contribution in [0.25, 0.3) is 11.3 Å². The Balaban J connectivity index is 1.58. The van der Waals surface area contributed by atoms with E-state index in [-0.39, 0.29) is 4.90 Å². The monoisotopic (exact) mass is 473 g/mol. The van der Waals surface area contributed by atoms with E-state index in [1.165, 1.54) is 4.68 Å². The maximum Gasteiger partial charge on any atom is 0.277 e. The number of nitrogens with one attached hydrogen (secondary N) is 2. The van der Waals surface area contributed by atoms with Crippen molar-refractivity contribution >= 4 is 23.4 Å². The summed E-state index contributed by atoms with van der Waals surface area (Å²) in [7, 11) is 0. The van der Waals surface area contributed by atoms with Gasteiger partial charge in [0.2, 0.25) is 0 Å². The highest BCUT2D eigenvalue weighted by molar-refractivity contribution is 7.99. The number of nitrogens with zero attached hydrogens (tertiary/aromatic N) is 2. The van der Waals surface area contributed by atoms with Crippen LogP contribution in [0.2, 0.25) is 5.02 Å². The molecule has 33 heavy (non-hydrogen) atoms. The standard InChI is InChI=1S/C25H19ClN4O2S/c26-19-8-4-5-9-21(19)33-23-24(31)29-30(25(23)32)22(17-6-2-1-3-7-17)18-12-10-16(11-13-18)20-14-15-27-28-20/h1-15,22,32H,(H,27,28)(H,29,31)/p-1. The second kappa shape index (κ2) is 9.05. The highest BCUT2D eigenvalue weighted by Gasteiger charge is 2.21. The molecule has 5 aromatic rings. The molecule has 0 bridgehead atoms. The van der Waals surface area contributed by atoms with Crippen LogP contribution in [0, 0.1) is 0 Å². The van der Waals surface area contributed by atoms with Crippen LogP contribution in [0.5, 0.6) is 5.88 Å². The van der Waals surface area contributed by atoms with Gasteiger partial charge in [0.05, 0.1) is 21.7 Å². The Bertz CT molecular complexity index is 1430. The van der Waals surface area contributed by atoms with Crippen molar-refractivity contribution in [2.45, 2.75) is 15.8 Å². The summed E-state index contributed by atoms with van der Waals surface area (Å²) in [6, 6.07) is 26.0. The third kappa shape index (κ3) is 4.20. The van der Waals surface area contributed by atoms with Gasteiger partial charge in [0.15, 0.2) is 0 Å². The molecular weight excluding hydrogens is 456 g/mol. The molecule has 2 N–H and O–H groups in total. The Hall–Kier alpha value is -3.68. The minimum atomic E-state index is -0.497. The Morgan fingerprint density at radius 3 is 2.30 bits per heavy atom. The first-order chi connectivity index (χ1) is 16.1. The third-order valence-corrected chi connectivity index (χ3v) is 6.88. The van der Waals surface area contributed by atoms with Gasteiger partial charge in [-0.05, 0) is 34.9 Å². The van der Waals surface area contributed by atoms with Gasteiger partial charge in [-0.2, -0.15) is 5.10 Å². The van der Waals surface area contributed by atoms with Crippen LogP contribution in [0.3, 0.4) is 0 Å². The lowest BCUT2D eigenvalue weighted by molar-refractivity contribution is -0.284. The van der Waals surface area contributed by atoms with Gasteiger partial charge in [0.1, 0.15) is 0 Å². The van der Waals surface area contributed by atoms with E-state index in [9.17, 15) is 9.90 Å². The van der Waals surface area contributed by atoms with Crippen LogP contribution in [0.4, 0.5) is 0 Å². The van der Waals surface area contributed by atoms with Gasteiger partial charge >= 0.3 is 0 Å². The molecule has 2 aromatic heterocycles. The average molecular weight is 474 g/mol. The van der Waals surface area contributed by atoms with Crippen molar-refractivity contribution < 1.29 is 5.11 Å². The van der Waals surface area contributed by atoms with E-state index in [0.717, 1.165) is 34.1 Å². The smallest absolute Gasteiger partial charge is 0.277 e. The molecule has 0 fully saturated rings. The lowest BCUT2D eigenvalue weighted by Gasteiger charge is -2.24. The quantitative estimate of drug-likeness (QED) is 0.360. The first-order valence-electron chi connectivity index (χ1n) is 10.2. The van der Waals surface area contributed by atoms with E-state index in [4.69, 9.17) is 11.6 Å². The van der Waals surface area contributed by atoms with Crippen molar-refractivity contribution in [2.75, 3.05) is 0 Å². The number of aromatic amines is 2. The topological polar surface area (TPSA) is 89.5 Å². The molecule has 3 aromatic carbocycles. The Morgan fingerprint density at radius 1 is 0.909 bits per heavy atom. The molecule has 164 valence electrons. The van der Waals surface area contributed by atoms with Crippen LogP contribution in [-0.2, 0) is 0 Å². The first kappa shape index (κ1) is 21.2. The minimum Gasteiger partial charge on any atom is -0.858 e. The zero-order valence-corrected chi connectivity index (χ0v) is 18.8. The van der Waals surface area contributed by atoms with Gasteiger partial charge in [-0.3, -0.25) is 19.7 Å². The summed E-state index contributed by atoms with van der Waals surface area (Å²) < 4.78 is 1.39. The van der Waals surface area contributed by atoms with Gasteiger partial charge in [-0.15, -0.1) is 0 Å². The SMILES string of the molecule is O=c1[nH]n(C(c2ccccc2)c2ccc(-c3ccn[nH]3)cc2)c([O-])c1Sc1ccccc1Cl. The molecule has 0 radical (unpaired) electrons. The summed E-state index contributed by atoms with van der Waals surface area (Å²) in [5.74, 6) is -0.392. The van der Waals surface area contributed by atoms with Crippen LogP contribution < -0.4 is 10.7 Å². The molecule has 6 nitrogen and oxygen atoms in total. The van der Waals surface area contributed by atoms with Gasteiger partial charge in [-0.1, -0.05) is 90.1 Å². The molecular formula is C25H18ClN4O2S-. The molecule has 0 saturated heterocycles. The van der Waals surface area contributed by atoms with Crippen molar-refractivity contribution in [3.63, 3.8) is 0 Å². The summed E-state index contributed by atoms with van der Waals surface area (Å²) in [5, 5.41) is 23.6. The summed E-state index contributed by atoms with van der Waals surface area (Å²) in [4.78, 5) is 13.5. The number of rotatable bonds is 6. The van der Waals surface area contributed by atoms with Crippen molar-refractivity contribution in [3.8, 4) is 17.1 Å². The van der Waals surface area contributed by atoms with E-state index >= 15 is 0 Å². The molecule has 0 aliphatic carbocycles. The Kier molecular flexibility index (Phi) is 5.81. The maximum absolute atomic E-state index is 13.4. The molecule has 1 atom stereocenters. The molecule has 1 unspecified atom stereocenters. The Morgan fingerprint density at radius 2 is 1.61 bits per heavy atom. The van der Waals surface area contributed by atoms with Gasteiger partial charge in [-0.25, -0.2) is 0 Å². The van der Waals surface area contributed by atoms with E-state index in [1.807, 2.05) is 66.7 Å². The Labute approximate surface area is 198 Å². The van der Waals surface area contributed by atoms with Crippen LogP contribution in [0.15, 0.2) is 106 Å². The molecule has 5 rings (SSSR count). The molecule has 0 spiro atoms. The van der Waals surface area contributed by atoms with E-state index in [0.29, 0.717) is 9.92 Å². The zero-order chi connectivity index (χ0) is 22.8. The molecule has 0 aliphatic rings. The summed E-state index contributed by atoms with van der Waals surface area (Å²) in [6.45, 7) is 0. The highest BCUT2D eigenvalue weighted by atomic mass is 35.5. The second-order valence-corrected chi connectivity index (χ2v) is 8.84. The normalized spacial score (nSPS) is 12.0. The largest absolute Gasteiger partial charge is 0.858 e. The molecule has 8 heteroatoms. The fourth-order valence-corrected chi connectivity index (χ4v) is 4.82. The third-order valence-electron chi connectivity index (χ3n) is 5.30. The number of benzene rings is 3. The van der Waals surface area contributed by atoms with E-state index < -0.39 is 17.5 Å². The molecule has 0 saturated carbocycles. The number of halogens is 1. The number of hydrogen-bond donors (Lipinski definition) is 2. The fourth-order valence-electron chi connectivity index (χ4n) is 3.71. The summed E-state index contributed by atoms with van der Waals surface area (Å²) in [6.07, 6.45) is 1.70. The predicted molar refractivity (Wildman–Crippen MR) is 128 cm³/mol. The number of aromatic nitrogens is 4. The van der Waals surface area contributed by atoms with Gasteiger partial charge < -0.3 is 5.11 Å². The van der Waals surface area contributed by atoms with Crippen LogP contribution in [-0.4, -0.2) is 20.0 Å². The summed E-state index contributed by atoms with van der Waals surface area (Å²) in [5.41, 5.74) is 3.17. The van der Waals surface area contributed by atoms with Crippen molar-refractivity contribution in [1.29, 1.82) is 0 Å². The van der Waals surface area contributed by atoms with Crippen molar-refractivity contribution in [3.05, 3.63) is 118 Å². The van der Waals surface area contributed by atoms with Gasteiger partial charge in [0, 0.05) is 17.0 Å². The van der Waals surface area contributed by atoms with Crippen molar-refractivity contribution in [1.82, 2.24) is 20.0 Å². The second-order valence-electron chi connectivity index (χ2n) is 7.38. The maximum atomic E-state index is 13.4. The zero-order valence-electron chi connectivity index (χ0n) is 17.2. The first-order valence-corrected chi connectivity index (χ1v) is 11.4. The average Bonchev–Trinajstić information content (AvgIpc) is 3.47. The van der Waals surface area contributed by atoms with Crippen LogP contribution >= 0.6 is 23.4 Å². The lowest BCUT2D eigenvalue weighted by atomic mass is 9.97. The van der Waals surface area contributed by atoms with E-state index in [2.05, 4.69) is 15.3 Å².